The number of nitrogens with zero attached hydrogens (tertiary/aromatic N) is 3. The van der Waals surface area contributed by atoms with E-state index >= 15 is 0 Å². The molecule has 178 valence electrons. The summed E-state index contributed by atoms with van der Waals surface area (Å²) < 4.78 is 7.27. The monoisotopic (exact) mass is 461 g/mol. The van der Waals surface area contributed by atoms with Gasteiger partial charge in [-0.2, -0.15) is 0 Å². The molecular formula is C27H31N3O4. The van der Waals surface area contributed by atoms with E-state index in [1.807, 2.05) is 43.0 Å². The van der Waals surface area contributed by atoms with Crippen LogP contribution in [0.15, 0.2) is 54.7 Å². The van der Waals surface area contributed by atoms with Crippen molar-refractivity contribution in [2.75, 3.05) is 31.1 Å². The van der Waals surface area contributed by atoms with Crippen LogP contribution >= 0.6 is 0 Å². The van der Waals surface area contributed by atoms with Gasteiger partial charge in [-0.15, -0.1) is 0 Å². The van der Waals surface area contributed by atoms with Gasteiger partial charge in [0.05, 0.1) is 12.2 Å². The Kier molecular flexibility index (Phi) is 7.30. The van der Waals surface area contributed by atoms with E-state index in [0.29, 0.717) is 35.5 Å². The summed E-state index contributed by atoms with van der Waals surface area (Å²) in [6.45, 7) is 6.35. The molecule has 2 amide bonds. The molecule has 7 heteroatoms. The van der Waals surface area contributed by atoms with Crippen LogP contribution in [0.2, 0.25) is 0 Å². The lowest BCUT2D eigenvalue weighted by atomic mass is 10.1. The topological polar surface area (TPSA) is 71.8 Å². The zero-order valence-corrected chi connectivity index (χ0v) is 19.8. The van der Waals surface area contributed by atoms with Crippen LogP contribution in [0.1, 0.15) is 43.5 Å². The van der Waals surface area contributed by atoms with Crippen LogP contribution in [0.4, 0.5) is 5.69 Å². The van der Waals surface area contributed by atoms with E-state index in [2.05, 4.69) is 0 Å². The highest BCUT2D eigenvalue weighted by atomic mass is 16.5. The Bertz CT molecular complexity index is 1180. The van der Waals surface area contributed by atoms with E-state index < -0.39 is 11.7 Å². The number of fused-ring (bicyclic) bond motifs is 1. The van der Waals surface area contributed by atoms with E-state index in [9.17, 15) is 14.4 Å². The van der Waals surface area contributed by atoms with E-state index in [1.54, 1.807) is 35.0 Å². The number of likely N-dealkylation sites (tertiary alicyclic amines) is 1. The molecule has 2 heterocycles. The molecule has 1 aliphatic rings. The van der Waals surface area contributed by atoms with Gasteiger partial charge in [-0.25, -0.2) is 0 Å². The Morgan fingerprint density at radius 3 is 2.32 bits per heavy atom. The molecule has 1 fully saturated rings. The van der Waals surface area contributed by atoms with Gasteiger partial charge in [0.15, 0.2) is 0 Å². The van der Waals surface area contributed by atoms with Gasteiger partial charge in [-0.1, -0.05) is 18.2 Å². The maximum atomic E-state index is 13.4. The summed E-state index contributed by atoms with van der Waals surface area (Å²) in [6.07, 6.45) is 4.85. The Balaban J connectivity index is 1.60. The highest BCUT2D eigenvalue weighted by Gasteiger charge is 2.27. The van der Waals surface area contributed by atoms with Crippen LogP contribution in [-0.2, 0) is 16.1 Å². The Morgan fingerprint density at radius 2 is 1.65 bits per heavy atom. The molecule has 0 bridgehead atoms. The van der Waals surface area contributed by atoms with Crippen LogP contribution in [0.5, 0.6) is 5.75 Å². The van der Waals surface area contributed by atoms with E-state index in [-0.39, 0.29) is 12.5 Å². The van der Waals surface area contributed by atoms with Gasteiger partial charge in [0.2, 0.25) is 5.91 Å². The Hall–Kier alpha value is -3.61. The highest BCUT2D eigenvalue weighted by molar-refractivity contribution is 6.48. The first kappa shape index (κ1) is 23.5. The van der Waals surface area contributed by atoms with Crippen molar-refractivity contribution in [1.82, 2.24) is 9.47 Å². The first-order valence-electron chi connectivity index (χ1n) is 12.0. The van der Waals surface area contributed by atoms with Gasteiger partial charge >= 0.3 is 0 Å². The number of anilines is 1. The minimum absolute atomic E-state index is 0.0374. The number of rotatable bonds is 8. The van der Waals surface area contributed by atoms with Crippen LogP contribution in [-0.4, -0.2) is 53.3 Å². The van der Waals surface area contributed by atoms with Crippen molar-refractivity contribution in [1.29, 1.82) is 0 Å². The summed E-state index contributed by atoms with van der Waals surface area (Å²) in [7, 11) is 0. The van der Waals surface area contributed by atoms with Crippen molar-refractivity contribution in [2.24, 2.45) is 0 Å². The Morgan fingerprint density at radius 1 is 0.941 bits per heavy atom. The summed E-state index contributed by atoms with van der Waals surface area (Å²) in [5.41, 5.74) is 1.72. The average Bonchev–Trinajstić information content (AvgIpc) is 3.24. The fraction of sp³-hybridized carbons (Fsp3) is 0.370. The molecule has 1 saturated heterocycles. The fourth-order valence-corrected chi connectivity index (χ4v) is 4.52. The lowest BCUT2D eigenvalue weighted by Gasteiger charge is -2.27. The second-order valence-electron chi connectivity index (χ2n) is 8.43. The molecular weight excluding hydrogens is 430 g/mol. The van der Waals surface area contributed by atoms with Crippen molar-refractivity contribution in [2.45, 2.75) is 39.7 Å². The first-order valence-corrected chi connectivity index (χ1v) is 12.0. The van der Waals surface area contributed by atoms with Crippen molar-refractivity contribution < 1.29 is 19.1 Å². The lowest BCUT2D eigenvalue weighted by Crippen LogP contribution is -2.37. The zero-order chi connectivity index (χ0) is 24.1. The number of likely N-dealkylation sites (N-methyl/N-ethyl adjacent to an activating group) is 1. The van der Waals surface area contributed by atoms with Crippen LogP contribution in [0.25, 0.3) is 10.9 Å². The lowest BCUT2D eigenvalue weighted by molar-refractivity contribution is -0.132. The van der Waals surface area contributed by atoms with Crippen molar-refractivity contribution in [3.63, 3.8) is 0 Å². The molecule has 4 rings (SSSR count). The predicted octanol–water partition coefficient (Wildman–Crippen LogP) is 4.29. The largest absolute Gasteiger partial charge is 0.494 e. The third-order valence-electron chi connectivity index (χ3n) is 6.26. The number of hydrogen-bond acceptors (Lipinski definition) is 4. The highest BCUT2D eigenvalue weighted by Crippen LogP contribution is 2.25. The fourth-order valence-electron chi connectivity index (χ4n) is 4.52. The maximum Gasteiger partial charge on any atom is 0.299 e. The average molecular weight is 462 g/mol. The number of para-hydroxylation sites is 1. The van der Waals surface area contributed by atoms with E-state index in [0.717, 1.165) is 37.9 Å². The minimum Gasteiger partial charge on any atom is -0.494 e. The molecule has 0 saturated carbocycles. The molecule has 0 atom stereocenters. The molecule has 0 radical (unpaired) electrons. The normalized spacial score (nSPS) is 13.6. The smallest absolute Gasteiger partial charge is 0.299 e. The molecule has 1 aromatic heterocycles. The first-order chi connectivity index (χ1) is 16.5. The molecule has 7 nitrogen and oxygen atoms in total. The summed E-state index contributed by atoms with van der Waals surface area (Å²) in [4.78, 5) is 42.9. The number of amides is 2. The van der Waals surface area contributed by atoms with Crippen LogP contribution < -0.4 is 9.64 Å². The molecule has 0 N–H and O–H groups in total. The summed E-state index contributed by atoms with van der Waals surface area (Å²) >= 11 is 0. The summed E-state index contributed by atoms with van der Waals surface area (Å²) in [6, 6.07) is 14.5. The quantitative estimate of drug-likeness (QED) is 0.371. The van der Waals surface area contributed by atoms with Crippen molar-refractivity contribution in [3.8, 4) is 5.75 Å². The van der Waals surface area contributed by atoms with Crippen LogP contribution in [0, 0.1) is 0 Å². The molecule has 3 aromatic rings. The number of benzene rings is 2. The molecule has 0 unspecified atom stereocenters. The van der Waals surface area contributed by atoms with Gasteiger partial charge in [0.1, 0.15) is 12.3 Å². The second-order valence-corrected chi connectivity index (χ2v) is 8.43. The number of carbonyl (C=O) groups excluding carboxylic acids is 3. The van der Waals surface area contributed by atoms with Gasteiger partial charge in [0.25, 0.3) is 11.7 Å². The van der Waals surface area contributed by atoms with Gasteiger partial charge in [0, 0.05) is 42.4 Å². The van der Waals surface area contributed by atoms with Gasteiger partial charge in [-0.05, 0) is 63.4 Å². The summed E-state index contributed by atoms with van der Waals surface area (Å²) in [5.74, 6) is -0.439. The predicted molar refractivity (Wildman–Crippen MR) is 132 cm³/mol. The number of Topliss-reactive ketones (excluding diaryl/α,β-unsaturated/α-hetero) is 1. The van der Waals surface area contributed by atoms with Gasteiger partial charge in [-0.3, -0.25) is 14.4 Å². The Labute approximate surface area is 199 Å². The molecule has 0 spiro atoms. The van der Waals surface area contributed by atoms with E-state index in [4.69, 9.17) is 4.74 Å². The number of piperidine rings is 1. The number of carbonyl (C=O) groups is 3. The third-order valence-corrected chi connectivity index (χ3v) is 6.26. The number of ketones is 1. The molecule has 0 aliphatic carbocycles. The van der Waals surface area contributed by atoms with Crippen molar-refractivity contribution in [3.05, 3.63) is 60.3 Å². The molecule has 34 heavy (non-hydrogen) atoms. The second kappa shape index (κ2) is 10.5. The number of hydrogen-bond donors (Lipinski definition) is 0. The minimum atomic E-state index is -0.600. The van der Waals surface area contributed by atoms with E-state index in [1.165, 1.54) is 4.90 Å². The number of ether oxygens (including phenoxy) is 1. The molecule has 1 aliphatic heterocycles. The van der Waals surface area contributed by atoms with Crippen LogP contribution in [0.3, 0.4) is 0 Å². The van der Waals surface area contributed by atoms with Gasteiger partial charge < -0.3 is 19.1 Å². The van der Waals surface area contributed by atoms with Crippen molar-refractivity contribution >= 4 is 34.2 Å². The maximum absolute atomic E-state index is 13.4. The zero-order valence-electron chi connectivity index (χ0n) is 19.8. The molecule has 2 aromatic carbocycles. The summed E-state index contributed by atoms with van der Waals surface area (Å²) in [5, 5.41) is 0.676. The standard InChI is InChI=1S/C27H31N3O4/c1-3-30(20-12-14-21(15-13-20)34-4-2)27(33)26(32)23-18-29(24-11-7-6-10-22(23)24)19-25(31)28-16-8-5-9-17-28/h6-7,10-15,18H,3-5,8-9,16-17,19H2,1-2H3. The number of aromatic nitrogens is 1. The SMILES string of the molecule is CCOc1ccc(N(CC)C(=O)C(=O)c2cn(CC(=O)N3CCCCC3)c3ccccc23)cc1. The third kappa shape index (κ3) is 4.83.